The van der Waals surface area contributed by atoms with Gasteiger partial charge in [-0.3, -0.25) is 0 Å². The molecular formula is C14H27N3O. The van der Waals surface area contributed by atoms with Crippen LogP contribution in [-0.2, 0) is 11.3 Å². The molecule has 0 aromatic carbocycles. The van der Waals surface area contributed by atoms with E-state index in [0.29, 0.717) is 6.04 Å². The van der Waals surface area contributed by atoms with Gasteiger partial charge in [0.05, 0.1) is 12.0 Å². The van der Waals surface area contributed by atoms with Crippen LogP contribution in [0.1, 0.15) is 45.9 Å². The number of aromatic nitrogens is 2. The molecule has 0 radical (unpaired) electrons. The predicted molar refractivity (Wildman–Crippen MR) is 74.6 cm³/mol. The molecule has 0 aliphatic heterocycles. The maximum absolute atomic E-state index is 5.14. The van der Waals surface area contributed by atoms with Crippen molar-refractivity contribution in [2.75, 3.05) is 20.3 Å². The summed E-state index contributed by atoms with van der Waals surface area (Å²) in [5, 5.41) is 3.52. The fourth-order valence-corrected chi connectivity index (χ4v) is 1.93. The van der Waals surface area contributed by atoms with Crippen LogP contribution < -0.4 is 5.32 Å². The smallest absolute Gasteiger partial charge is 0.0951 e. The Morgan fingerprint density at radius 3 is 2.78 bits per heavy atom. The second-order valence-corrected chi connectivity index (χ2v) is 5.90. The lowest BCUT2D eigenvalue weighted by atomic mass is 9.90. The highest BCUT2D eigenvalue weighted by Crippen LogP contribution is 2.19. The van der Waals surface area contributed by atoms with Crippen molar-refractivity contribution in [3.05, 3.63) is 18.2 Å². The van der Waals surface area contributed by atoms with Gasteiger partial charge < -0.3 is 14.6 Å². The summed E-state index contributed by atoms with van der Waals surface area (Å²) in [6, 6.07) is 0.464. The molecule has 0 spiro atoms. The van der Waals surface area contributed by atoms with Crippen molar-refractivity contribution in [1.29, 1.82) is 0 Å². The zero-order valence-corrected chi connectivity index (χ0v) is 12.4. The van der Waals surface area contributed by atoms with Crippen molar-refractivity contribution >= 4 is 0 Å². The summed E-state index contributed by atoms with van der Waals surface area (Å²) in [5.74, 6) is 0. The van der Waals surface area contributed by atoms with E-state index < -0.39 is 0 Å². The summed E-state index contributed by atoms with van der Waals surface area (Å²) < 4.78 is 7.34. The van der Waals surface area contributed by atoms with Gasteiger partial charge in [0, 0.05) is 39.0 Å². The summed E-state index contributed by atoms with van der Waals surface area (Å²) in [6.45, 7) is 11.5. The molecule has 104 valence electrons. The minimum Gasteiger partial charge on any atom is -0.385 e. The van der Waals surface area contributed by atoms with Gasteiger partial charge in [-0.15, -0.1) is 0 Å². The van der Waals surface area contributed by atoms with Crippen LogP contribution in [0.5, 0.6) is 0 Å². The third-order valence-electron chi connectivity index (χ3n) is 3.20. The van der Waals surface area contributed by atoms with E-state index in [-0.39, 0.29) is 5.41 Å². The topological polar surface area (TPSA) is 39.1 Å². The molecule has 0 atom stereocenters. The van der Waals surface area contributed by atoms with Gasteiger partial charge in [0.1, 0.15) is 0 Å². The lowest BCUT2D eigenvalue weighted by molar-refractivity contribution is 0.150. The Hall–Kier alpha value is -0.870. The molecule has 1 aromatic heterocycles. The van der Waals surface area contributed by atoms with Crippen LogP contribution in [0.25, 0.3) is 0 Å². The van der Waals surface area contributed by atoms with Gasteiger partial charge in [0.2, 0.25) is 0 Å². The van der Waals surface area contributed by atoms with Crippen molar-refractivity contribution < 1.29 is 4.74 Å². The first-order valence-corrected chi connectivity index (χ1v) is 6.66. The van der Waals surface area contributed by atoms with E-state index in [2.05, 4.69) is 42.6 Å². The quantitative estimate of drug-likeness (QED) is 0.774. The molecule has 1 N–H and O–H groups in total. The highest BCUT2D eigenvalue weighted by molar-refractivity contribution is 4.99. The zero-order valence-electron chi connectivity index (χ0n) is 12.4. The maximum atomic E-state index is 5.14. The molecule has 1 aromatic rings. The minimum atomic E-state index is 0.263. The van der Waals surface area contributed by atoms with Crippen molar-refractivity contribution in [3.8, 4) is 0 Å². The van der Waals surface area contributed by atoms with Crippen LogP contribution >= 0.6 is 0 Å². The van der Waals surface area contributed by atoms with E-state index in [1.54, 1.807) is 7.11 Å². The zero-order chi connectivity index (χ0) is 13.6. The number of imidazole rings is 1. The van der Waals surface area contributed by atoms with Gasteiger partial charge in [-0.25, -0.2) is 4.98 Å². The largest absolute Gasteiger partial charge is 0.385 e. The minimum absolute atomic E-state index is 0.263. The van der Waals surface area contributed by atoms with Gasteiger partial charge in [-0.05, 0) is 25.7 Å². The number of methoxy groups -OCH3 is 1. The lowest BCUT2D eigenvalue weighted by Crippen LogP contribution is -2.30. The number of rotatable bonds is 8. The molecule has 1 rings (SSSR count). The second kappa shape index (κ2) is 6.90. The molecule has 4 heteroatoms. The van der Waals surface area contributed by atoms with Crippen molar-refractivity contribution in [2.24, 2.45) is 5.41 Å². The second-order valence-electron chi connectivity index (χ2n) is 5.90. The lowest BCUT2D eigenvalue weighted by Gasteiger charge is -2.25. The molecule has 4 nitrogen and oxygen atoms in total. The number of ether oxygens (including phenoxy) is 1. The number of hydrogen-bond donors (Lipinski definition) is 1. The van der Waals surface area contributed by atoms with E-state index in [1.807, 2.05) is 12.5 Å². The van der Waals surface area contributed by atoms with Crippen molar-refractivity contribution in [2.45, 2.75) is 46.7 Å². The Morgan fingerprint density at radius 2 is 2.17 bits per heavy atom. The molecule has 0 aliphatic rings. The van der Waals surface area contributed by atoms with Crippen LogP contribution in [0.3, 0.4) is 0 Å². The summed E-state index contributed by atoms with van der Waals surface area (Å²) >= 11 is 0. The third-order valence-corrected chi connectivity index (χ3v) is 3.20. The molecule has 0 bridgehead atoms. The Kier molecular flexibility index (Phi) is 5.82. The van der Waals surface area contributed by atoms with E-state index >= 15 is 0 Å². The van der Waals surface area contributed by atoms with Crippen LogP contribution in [0.4, 0.5) is 0 Å². The van der Waals surface area contributed by atoms with Gasteiger partial charge in [0.15, 0.2) is 0 Å². The van der Waals surface area contributed by atoms with E-state index in [9.17, 15) is 0 Å². The normalized spacial score (nSPS) is 12.3. The average molecular weight is 253 g/mol. The number of nitrogens with zero attached hydrogens (tertiary/aromatic N) is 2. The summed E-state index contributed by atoms with van der Waals surface area (Å²) in [7, 11) is 1.75. The van der Waals surface area contributed by atoms with Gasteiger partial charge in [-0.1, -0.05) is 13.8 Å². The fourth-order valence-electron chi connectivity index (χ4n) is 1.93. The Morgan fingerprint density at radius 1 is 1.44 bits per heavy atom. The monoisotopic (exact) mass is 253 g/mol. The van der Waals surface area contributed by atoms with Crippen LogP contribution in [0.2, 0.25) is 0 Å². The number of nitrogens with one attached hydrogen (secondary N) is 1. The Balaban J connectivity index is 2.39. The Labute approximate surface area is 111 Å². The first-order chi connectivity index (χ1) is 8.46. The summed E-state index contributed by atoms with van der Waals surface area (Å²) in [4.78, 5) is 4.21. The van der Waals surface area contributed by atoms with Gasteiger partial charge >= 0.3 is 0 Å². The molecule has 18 heavy (non-hydrogen) atoms. The summed E-state index contributed by atoms with van der Waals surface area (Å²) in [6.07, 6.45) is 4.91. The SMILES string of the molecule is COCCC(C)(C)CNCc1cncn1C(C)C. The third kappa shape index (κ3) is 4.78. The summed E-state index contributed by atoms with van der Waals surface area (Å²) in [5.41, 5.74) is 1.51. The van der Waals surface area contributed by atoms with Gasteiger partial charge in [-0.2, -0.15) is 0 Å². The molecule has 0 saturated heterocycles. The first kappa shape index (κ1) is 15.2. The van der Waals surface area contributed by atoms with E-state index in [0.717, 1.165) is 26.1 Å². The molecule has 1 heterocycles. The van der Waals surface area contributed by atoms with Crippen molar-refractivity contribution in [3.63, 3.8) is 0 Å². The molecule has 0 saturated carbocycles. The Bertz CT molecular complexity index is 345. The highest BCUT2D eigenvalue weighted by atomic mass is 16.5. The molecule has 0 aliphatic carbocycles. The van der Waals surface area contributed by atoms with Crippen LogP contribution in [0.15, 0.2) is 12.5 Å². The predicted octanol–water partition coefficient (Wildman–Crippen LogP) is 2.62. The fraction of sp³-hybridized carbons (Fsp3) is 0.786. The van der Waals surface area contributed by atoms with Crippen LogP contribution in [0, 0.1) is 5.41 Å². The number of hydrogen-bond acceptors (Lipinski definition) is 3. The van der Waals surface area contributed by atoms with Gasteiger partial charge in [0.25, 0.3) is 0 Å². The highest BCUT2D eigenvalue weighted by Gasteiger charge is 2.17. The average Bonchev–Trinajstić information content (AvgIpc) is 2.74. The standard InChI is InChI=1S/C14H27N3O/c1-12(2)17-11-16-9-13(17)8-15-10-14(3,4)6-7-18-5/h9,11-12,15H,6-8,10H2,1-5H3. The molecule has 0 fully saturated rings. The molecule has 0 amide bonds. The van der Waals surface area contributed by atoms with Crippen LogP contribution in [-0.4, -0.2) is 29.8 Å². The maximum Gasteiger partial charge on any atom is 0.0951 e. The van der Waals surface area contributed by atoms with Crippen molar-refractivity contribution in [1.82, 2.24) is 14.9 Å². The first-order valence-electron chi connectivity index (χ1n) is 6.66. The van der Waals surface area contributed by atoms with E-state index in [1.165, 1.54) is 5.69 Å². The van der Waals surface area contributed by atoms with E-state index in [4.69, 9.17) is 4.74 Å². The molecular weight excluding hydrogens is 226 g/mol. The molecule has 0 unspecified atom stereocenters.